The van der Waals surface area contributed by atoms with Gasteiger partial charge in [0, 0.05) is 18.7 Å². The molecule has 1 saturated heterocycles. The molecule has 1 amide bonds. The van der Waals surface area contributed by atoms with E-state index in [2.05, 4.69) is 5.32 Å². The zero-order valence-electron chi connectivity index (χ0n) is 10.7. The van der Waals surface area contributed by atoms with Crippen LogP contribution in [0.4, 0.5) is 0 Å². The topological polar surface area (TPSA) is 52.6 Å². The van der Waals surface area contributed by atoms with Crippen LogP contribution in [0.5, 0.6) is 5.75 Å². The molecule has 1 heterocycles. The molecule has 2 N–H and O–H groups in total. The molecule has 18 heavy (non-hydrogen) atoms. The van der Waals surface area contributed by atoms with Crippen molar-refractivity contribution in [3.63, 3.8) is 0 Å². The molecule has 0 bridgehead atoms. The summed E-state index contributed by atoms with van der Waals surface area (Å²) in [6.07, 6.45) is 2.09. The third-order valence-corrected chi connectivity index (χ3v) is 3.49. The highest BCUT2D eigenvalue weighted by atomic mass is 16.3. The highest BCUT2D eigenvalue weighted by Gasteiger charge is 2.23. The van der Waals surface area contributed by atoms with Crippen LogP contribution in [0.1, 0.15) is 23.2 Å². The third-order valence-electron chi connectivity index (χ3n) is 3.49. The first kappa shape index (κ1) is 12.9. The second-order valence-corrected chi connectivity index (χ2v) is 4.84. The molecule has 2 rings (SSSR count). The number of hydrogen-bond acceptors (Lipinski definition) is 3. The van der Waals surface area contributed by atoms with Gasteiger partial charge in [0.05, 0.1) is 0 Å². The average Bonchev–Trinajstić information content (AvgIpc) is 2.39. The van der Waals surface area contributed by atoms with Crippen LogP contribution in [-0.2, 0) is 0 Å². The Hall–Kier alpha value is -1.55. The van der Waals surface area contributed by atoms with Gasteiger partial charge in [-0.3, -0.25) is 4.79 Å². The van der Waals surface area contributed by atoms with Gasteiger partial charge in [-0.2, -0.15) is 0 Å². The summed E-state index contributed by atoms with van der Waals surface area (Å²) in [6.45, 7) is 2.63. The minimum Gasteiger partial charge on any atom is -0.508 e. The zero-order chi connectivity index (χ0) is 13.0. The summed E-state index contributed by atoms with van der Waals surface area (Å²) in [4.78, 5) is 14.1. The fraction of sp³-hybridized carbons (Fsp3) is 0.500. The Kier molecular flexibility index (Phi) is 4.20. The first-order valence-corrected chi connectivity index (χ1v) is 6.43. The van der Waals surface area contributed by atoms with Gasteiger partial charge in [-0.05, 0) is 50.6 Å². The number of likely N-dealkylation sites (tertiary alicyclic amines) is 1. The summed E-state index contributed by atoms with van der Waals surface area (Å²) < 4.78 is 0. The van der Waals surface area contributed by atoms with Gasteiger partial charge in [0.2, 0.25) is 0 Å². The van der Waals surface area contributed by atoms with Crippen molar-refractivity contribution in [2.45, 2.75) is 12.8 Å². The Morgan fingerprint density at radius 1 is 1.44 bits per heavy atom. The van der Waals surface area contributed by atoms with Crippen molar-refractivity contribution in [2.75, 3.05) is 26.7 Å². The van der Waals surface area contributed by atoms with Crippen LogP contribution in [0.15, 0.2) is 24.3 Å². The van der Waals surface area contributed by atoms with Crippen molar-refractivity contribution in [3.8, 4) is 5.75 Å². The maximum atomic E-state index is 12.2. The minimum atomic E-state index is 0.0220. The van der Waals surface area contributed by atoms with Gasteiger partial charge in [0.25, 0.3) is 5.91 Å². The van der Waals surface area contributed by atoms with Crippen LogP contribution in [0, 0.1) is 5.92 Å². The maximum absolute atomic E-state index is 12.2. The van der Waals surface area contributed by atoms with E-state index in [9.17, 15) is 9.90 Å². The highest BCUT2D eigenvalue weighted by molar-refractivity contribution is 5.94. The van der Waals surface area contributed by atoms with E-state index >= 15 is 0 Å². The summed E-state index contributed by atoms with van der Waals surface area (Å²) in [6, 6.07) is 6.57. The van der Waals surface area contributed by atoms with E-state index in [4.69, 9.17) is 0 Å². The standard InChI is InChI=1S/C14H20N2O2/c1-15-10-11-5-7-16(8-6-11)14(18)12-3-2-4-13(17)9-12/h2-4,9,11,15,17H,5-8,10H2,1H3. The Labute approximate surface area is 108 Å². The van der Waals surface area contributed by atoms with Crippen LogP contribution in [0.2, 0.25) is 0 Å². The maximum Gasteiger partial charge on any atom is 0.253 e. The van der Waals surface area contributed by atoms with Gasteiger partial charge in [-0.15, -0.1) is 0 Å². The summed E-state index contributed by atoms with van der Waals surface area (Å²) in [7, 11) is 1.96. The normalized spacial score (nSPS) is 16.8. The number of rotatable bonds is 3. The molecule has 1 aromatic carbocycles. The molecular weight excluding hydrogens is 228 g/mol. The highest BCUT2D eigenvalue weighted by Crippen LogP contribution is 2.19. The number of phenols is 1. The van der Waals surface area contributed by atoms with Gasteiger partial charge < -0.3 is 15.3 Å². The van der Waals surface area contributed by atoms with E-state index in [0.717, 1.165) is 32.5 Å². The first-order valence-electron chi connectivity index (χ1n) is 6.43. The van der Waals surface area contributed by atoms with Crippen molar-refractivity contribution >= 4 is 5.91 Å². The van der Waals surface area contributed by atoms with Crippen molar-refractivity contribution < 1.29 is 9.90 Å². The van der Waals surface area contributed by atoms with Crippen LogP contribution in [-0.4, -0.2) is 42.6 Å². The summed E-state index contributed by atoms with van der Waals surface area (Å²) >= 11 is 0. The second-order valence-electron chi connectivity index (χ2n) is 4.84. The fourth-order valence-electron chi connectivity index (χ4n) is 2.45. The number of piperidine rings is 1. The molecule has 0 radical (unpaired) electrons. The molecule has 0 saturated carbocycles. The van der Waals surface area contributed by atoms with Crippen LogP contribution >= 0.6 is 0 Å². The Balaban J connectivity index is 1.95. The predicted octanol–water partition coefficient (Wildman–Crippen LogP) is 1.46. The molecule has 1 aromatic rings. The number of amides is 1. The van der Waals surface area contributed by atoms with Crippen molar-refractivity contribution in [3.05, 3.63) is 29.8 Å². The summed E-state index contributed by atoms with van der Waals surface area (Å²) in [5.41, 5.74) is 0.571. The number of carbonyl (C=O) groups is 1. The monoisotopic (exact) mass is 248 g/mol. The van der Waals surface area contributed by atoms with E-state index in [1.165, 1.54) is 6.07 Å². The Bertz CT molecular complexity index is 412. The third kappa shape index (κ3) is 3.01. The van der Waals surface area contributed by atoms with Gasteiger partial charge in [-0.25, -0.2) is 0 Å². The molecule has 1 aliphatic heterocycles. The summed E-state index contributed by atoms with van der Waals surface area (Å²) in [5, 5.41) is 12.6. The molecule has 1 aliphatic rings. The largest absolute Gasteiger partial charge is 0.508 e. The van der Waals surface area contributed by atoms with Crippen molar-refractivity contribution in [2.24, 2.45) is 5.92 Å². The lowest BCUT2D eigenvalue weighted by molar-refractivity contribution is 0.0690. The zero-order valence-corrected chi connectivity index (χ0v) is 10.7. The quantitative estimate of drug-likeness (QED) is 0.851. The molecule has 1 fully saturated rings. The molecule has 0 spiro atoms. The first-order chi connectivity index (χ1) is 8.70. The number of nitrogens with one attached hydrogen (secondary N) is 1. The lowest BCUT2D eigenvalue weighted by Crippen LogP contribution is -2.40. The number of nitrogens with zero attached hydrogens (tertiary/aromatic N) is 1. The molecule has 98 valence electrons. The number of benzene rings is 1. The molecule has 0 unspecified atom stereocenters. The van der Waals surface area contributed by atoms with Gasteiger partial charge in [0.1, 0.15) is 5.75 Å². The molecule has 0 aromatic heterocycles. The molecule has 0 aliphatic carbocycles. The van der Waals surface area contributed by atoms with Gasteiger partial charge >= 0.3 is 0 Å². The van der Waals surface area contributed by atoms with Crippen LogP contribution < -0.4 is 5.32 Å². The smallest absolute Gasteiger partial charge is 0.253 e. The molecule has 0 atom stereocenters. The van der Waals surface area contributed by atoms with E-state index < -0.39 is 0 Å². The van der Waals surface area contributed by atoms with E-state index in [1.54, 1.807) is 18.2 Å². The lowest BCUT2D eigenvalue weighted by atomic mass is 9.96. The summed E-state index contributed by atoms with van der Waals surface area (Å²) in [5.74, 6) is 0.836. The number of carbonyl (C=O) groups excluding carboxylic acids is 1. The average molecular weight is 248 g/mol. The predicted molar refractivity (Wildman–Crippen MR) is 70.7 cm³/mol. The van der Waals surface area contributed by atoms with Gasteiger partial charge in [0.15, 0.2) is 0 Å². The molecular formula is C14H20N2O2. The Morgan fingerprint density at radius 2 is 2.17 bits per heavy atom. The van der Waals surface area contributed by atoms with Gasteiger partial charge in [-0.1, -0.05) is 6.07 Å². The minimum absolute atomic E-state index is 0.0220. The van der Waals surface area contributed by atoms with E-state index in [-0.39, 0.29) is 11.7 Å². The van der Waals surface area contributed by atoms with Crippen LogP contribution in [0.25, 0.3) is 0 Å². The number of hydrogen-bond donors (Lipinski definition) is 2. The van der Waals surface area contributed by atoms with Crippen molar-refractivity contribution in [1.82, 2.24) is 10.2 Å². The molecule has 4 heteroatoms. The lowest BCUT2D eigenvalue weighted by Gasteiger charge is -2.32. The SMILES string of the molecule is CNCC1CCN(C(=O)c2cccc(O)c2)CC1. The van der Waals surface area contributed by atoms with E-state index in [0.29, 0.717) is 11.5 Å². The van der Waals surface area contributed by atoms with Crippen LogP contribution in [0.3, 0.4) is 0 Å². The number of phenolic OH excluding ortho intramolecular Hbond substituents is 1. The van der Waals surface area contributed by atoms with Crippen molar-refractivity contribution in [1.29, 1.82) is 0 Å². The second kappa shape index (κ2) is 5.87. The Morgan fingerprint density at radius 3 is 2.78 bits per heavy atom. The molecule has 4 nitrogen and oxygen atoms in total. The number of aromatic hydroxyl groups is 1. The van der Waals surface area contributed by atoms with E-state index in [1.807, 2.05) is 11.9 Å². The fourth-order valence-corrected chi connectivity index (χ4v) is 2.45.